The first kappa shape index (κ1) is 52.0. The van der Waals surface area contributed by atoms with Gasteiger partial charge in [-0.05, 0) is 56.4 Å². The van der Waals surface area contributed by atoms with Crippen LogP contribution in [-0.4, -0.2) is 65.7 Å². The van der Waals surface area contributed by atoms with Gasteiger partial charge < -0.3 is 60.6 Å². The molecule has 0 amide bonds. The summed E-state index contributed by atoms with van der Waals surface area (Å²) in [6, 6.07) is 8.22. The molecule has 17 nitrogen and oxygen atoms in total. The summed E-state index contributed by atoms with van der Waals surface area (Å²) in [4.78, 5) is 51.4. The average Bonchev–Trinajstić information content (AvgIpc) is 2.86. The number of carboxylic acids is 1. The van der Waals surface area contributed by atoms with Gasteiger partial charge in [-0.1, -0.05) is 43.4 Å². The molecule has 0 atom stereocenters. The first-order chi connectivity index (χ1) is 19.9. The van der Waals surface area contributed by atoms with Gasteiger partial charge in [-0.3, -0.25) is 9.59 Å². The fourth-order valence-corrected chi connectivity index (χ4v) is 3.88. The molecule has 0 fully saturated rings. The molecule has 2 aromatic rings. The Balaban J connectivity index is -0.000000263. The molecule has 0 N–H and O–H groups in total. The molecule has 0 aliphatic carbocycles. The van der Waals surface area contributed by atoms with Gasteiger partial charge in [0.2, 0.25) is 0 Å². The van der Waals surface area contributed by atoms with Crippen LogP contribution in [0, 0.1) is 78.8 Å². The number of likely N-dealkylation sites (N-methyl/N-ethyl adjacent to an activating group) is 2. The van der Waals surface area contributed by atoms with Crippen molar-refractivity contribution >= 4 is 50.4 Å². The van der Waals surface area contributed by atoms with E-state index in [0.717, 1.165) is 6.92 Å². The molecule has 0 aliphatic rings. The number of aliphatic carboxylic acids is 1. The molecule has 21 heteroatoms. The van der Waals surface area contributed by atoms with Crippen LogP contribution in [0.4, 0.5) is 0 Å². The van der Waals surface area contributed by atoms with Crippen LogP contribution >= 0.6 is 31.9 Å². The average molecular weight is 971 g/mol. The number of rotatable bonds is 9. The summed E-state index contributed by atoms with van der Waals surface area (Å²) in [5, 5.41) is 70.2. The first-order valence-corrected chi connectivity index (χ1v) is 12.8. The molecule has 2 aromatic carbocycles. The summed E-state index contributed by atoms with van der Waals surface area (Å²) < 4.78 is 1.39. The maximum absolute atomic E-state index is 12.2. The Kier molecular flexibility index (Phi) is 34.9. The molecule has 0 spiro atoms. The van der Waals surface area contributed by atoms with Crippen LogP contribution < -0.4 is 15.3 Å². The maximum Gasteiger partial charge on any atom is 3.00 e. The smallest absolute Gasteiger partial charge is 0.872 e. The van der Waals surface area contributed by atoms with Crippen molar-refractivity contribution in [1.82, 2.24) is 9.80 Å². The summed E-state index contributed by atoms with van der Waals surface area (Å²) in [7, 11) is 3.77. The fourth-order valence-electron chi connectivity index (χ4n) is 2.84. The van der Waals surface area contributed by atoms with Crippen LogP contribution in [0.15, 0.2) is 33.2 Å². The van der Waals surface area contributed by atoms with E-state index in [4.69, 9.17) is 45.8 Å². The van der Waals surface area contributed by atoms with E-state index in [1.54, 1.807) is 18.2 Å². The zero-order valence-corrected chi connectivity index (χ0v) is 32.1. The van der Waals surface area contributed by atoms with Crippen LogP contribution in [0.2, 0.25) is 0 Å². The van der Waals surface area contributed by atoms with Crippen molar-refractivity contribution in [2.24, 2.45) is 0 Å². The third-order valence-electron chi connectivity index (χ3n) is 4.32. The second-order valence-corrected chi connectivity index (χ2v) is 9.67. The standard InChI is InChI=1S/C20H22Br2N2O4.C2H3N.C2H4O2.2NO3.Tm.Zn/c1-23(9-13-5-17(21)7-15(11-25)19(13)27)3-4-24(2)10-14-6-18(22)8-16(12-26)20(14)28;1-2-3;1-2(3)4;2*2-1(3)4;;/h5-8,11-12,27-28H,3-4,9-10H2,1-2H3;1H3;1H3,(H,3,4);;;;/q;;;2*-1;+3;+2/p-3. The molecular formula is C24H26Br2N5O12TmZn. The van der Waals surface area contributed by atoms with Gasteiger partial charge in [-0.15, -0.1) is 0 Å². The Bertz CT molecular complexity index is 1160. The molecule has 0 saturated carbocycles. The molecule has 2 rings (SSSR count). The van der Waals surface area contributed by atoms with E-state index in [9.17, 15) is 19.8 Å². The van der Waals surface area contributed by atoms with E-state index in [0.29, 0.717) is 58.8 Å². The van der Waals surface area contributed by atoms with Crippen molar-refractivity contribution in [3.63, 3.8) is 0 Å². The minimum Gasteiger partial charge on any atom is -0.872 e. The Morgan fingerprint density at radius 2 is 1.07 bits per heavy atom. The summed E-state index contributed by atoms with van der Waals surface area (Å²) in [5.41, 5.74) is 1.37. The normalized spacial score (nSPS) is 8.78. The number of benzene rings is 2. The number of halogens is 2. The number of hydrogen-bond acceptors (Lipinski definition) is 15. The van der Waals surface area contributed by atoms with Crippen molar-refractivity contribution < 1.29 is 96.2 Å². The van der Waals surface area contributed by atoms with E-state index < -0.39 is 16.1 Å². The van der Waals surface area contributed by atoms with Crippen LogP contribution in [0.25, 0.3) is 0 Å². The Labute approximate surface area is 316 Å². The van der Waals surface area contributed by atoms with E-state index >= 15 is 0 Å². The summed E-state index contributed by atoms with van der Waals surface area (Å²) in [6.07, 6.45) is 1.13. The molecule has 45 heavy (non-hydrogen) atoms. The second kappa shape index (κ2) is 30.1. The molecule has 248 valence electrons. The zero-order valence-electron chi connectivity index (χ0n) is 24.2. The van der Waals surface area contributed by atoms with Gasteiger partial charge in [0, 0.05) is 59.1 Å². The van der Waals surface area contributed by atoms with Crippen molar-refractivity contribution in [1.29, 1.82) is 5.26 Å². The first-order valence-electron chi connectivity index (χ1n) is 11.2. The predicted octanol–water partition coefficient (Wildman–Crippen LogP) is 1.35. The summed E-state index contributed by atoms with van der Waals surface area (Å²) in [6.45, 7) is 4.53. The largest absolute Gasteiger partial charge is 3.00 e. The Morgan fingerprint density at radius 1 is 0.844 bits per heavy atom. The van der Waals surface area contributed by atoms with E-state index in [2.05, 4.69) is 31.9 Å². The number of hydrogen-bond donors (Lipinski definition) is 0. The molecule has 0 bridgehead atoms. The molecule has 0 heterocycles. The number of carbonyl (C=O) groups is 3. The summed E-state index contributed by atoms with van der Waals surface area (Å²) in [5.74, 6) is -1.60. The molecule has 0 aromatic heterocycles. The molecule has 0 aliphatic heterocycles. The number of carboxylic acid groups (broad SMARTS) is 1. The maximum atomic E-state index is 12.2. The Morgan fingerprint density at radius 3 is 1.27 bits per heavy atom. The van der Waals surface area contributed by atoms with E-state index in [1.807, 2.05) is 23.9 Å². The van der Waals surface area contributed by atoms with Crippen LogP contribution in [-0.2, 0) is 37.4 Å². The number of carbonyl (C=O) groups excluding carboxylic acids is 3. The van der Waals surface area contributed by atoms with E-state index in [-0.39, 0.29) is 79.0 Å². The minimum absolute atomic E-state index is 0. The van der Waals surface area contributed by atoms with Crippen molar-refractivity contribution in [2.75, 3.05) is 27.2 Å². The van der Waals surface area contributed by atoms with Gasteiger partial charge in [0.15, 0.2) is 0 Å². The van der Waals surface area contributed by atoms with Crippen LogP contribution in [0.1, 0.15) is 45.7 Å². The van der Waals surface area contributed by atoms with Gasteiger partial charge >= 0.3 is 56.4 Å². The topological polar surface area (TPSA) is 283 Å². The van der Waals surface area contributed by atoms with E-state index in [1.165, 1.54) is 19.1 Å². The second-order valence-electron chi connectivity index (χ2n) is 7.84. The Hall–Kier alpha value is -2.52. The SMILES string of the molecule is CC#N.CC(=O)[O-].CN(CCN(C)Cc1cc(Br)cc(C=O)c1[O-])Cc1cc(Br)cc(C=O)c1[O-].O=[N+]([O-])[O-].O=[N+]([O-])[O-].[Tm+3].[Zn+2]. The number of nitriles is 1. The fraction of sp³-hybridized carbons (Fsp3) is 0.333. The summed E-state index contributed by atoms with van der Waals surface area (Å²) >= 11 is 6.64. The van der Waals surface area contributed by atoms with Crippen molar-refractivity contribution in [3.8, 4) is 17.6 Å². The van der Waals surface area contributed by atoms with Gasteiger partial charge in [0.05, 0.1) is 16.2 Å². The van der Waals surface area contributed by atoms with Crippen molar-refractivity contribution in [3.05, 3.63) is 86.1 Å². The monoisotopic (exact) mass is 967 g/mol. The number of nitrogens with zero attached hydrogens (tertiary/aromatic N) is 5. The third-order valence-corrected chi connectivity index (χ3v) is 5.23. The van der Waals surface area contributed by atoms with Crippen molar-refractivity contribution in [2.45, 2.75) is 26.9 Å². The minimum atomic E-state index is -1.75. The molecule has 0 radical (unpaired) electrons. The molecule has 0 unspecified atom stereocenters. The van der Waals surface area contributed by atoms with Gasteiger partial charge in [0.1, 0.15) is 12.6 Å². The molecular weight excluding hydrogens is 944 g/mol. The van der Waals surface area contributed by atoms with Crippen LogP contribution in [0.5, 0.6) is 11.5 Å². The number of aldehydes is 2. The van der Waals surface area contributed by atoms with Gasteiger partial charge in [0.25, 0.3) is 0 Å². The zero-order chi connectivity index (χ0) is 34.3. The van der Waals surface area contributed by atoms with Gasteiger partial charge in [-0.2, -0.15) is 5.26 Å². The molecule has 0 saturated heterocycles. The van der Waals surface area contributed by atoms with Gasteiger partial charge in [-0.25, -0.2) is 0 Å². The quantitative estimate of drug-likeness (QED) is 0.148. The third kappa shape index (κ3) is 29.9. The predicted molar refractivity (Wildman–Crippen MR) is 153 cm³/mol. The van der Waals surface area contributed by atoms with Crippen LogP contribution in [0.3, 0.4) is 0 Å².